The first-order valence-electron chi connectivity index (χ1n) is 7.80. The number of hydrogen-bond donors (Lipinski definition) is 1. The summed E-state index contributed by atoms with van der Waals surface area (Å²) in [5.41, 5.74) is 2.03. The fraction of sp³-hybridized carbons (Fsp3) is 0.222. The summed E-state index contributed by atoms with van der Waals surface area (Å²) in [6.07, 6.45) is 1.44. The molecule has 2 heterocycles. The average Bonchev–Trinajstić information content (AvgIpc) is 2.94. The largest absolute Gasteiger partial charge is 0.477 e. The molecule has 0 aliphatic carbocycles. The van der Waals surface area contributed by atoms with Gasteiger partial charge in [0.05, 0.1) is 16.9 Å². The number of ether oxygens (including phenoxy) is 1. The number of aryl methyl sites for hydroxylation is 1. The number of nitrogens with one attached hydrogen (secondary N) is 1. The van der Waals surface area contributed by atoms with Gasteiger partial charge in [0.25, 0.3) is 5.91 Å². The summed E-state index contributed by atoms with van der Waals surface area (Å²) >= 11 is 1.30. The molecular formula is C18H17N3O3S. The molecule has 0 radical (unpaired) electrons. The van der Waals surface area contributed by atoms with E-state index in [0.29, 0.717) is 33.4 Å². The van der Waals surface area contributed by atoms with Crippen LogP contribution >= 0.6 is 11.3 Å². The smallest absolute Gasteiger partial charge is 0.266 e. The number of benzene rings is 1. The van der Waals surface area contributed by atoms with Crippen LogP contribution in [-0.4, -0.2) is 28.3 Å². The number of fused-ring (bicyclic) bond motifs is 1. The Balaban J connectivity index is 1.90. The summed E-state index contributed by atoms with van der Waals surface area (Å²) in [6.45, 7) is 5.74. The van der Waals surface area contributed by atoms with Crippen LogP contribution in [0.5, 0.6) is 5.88 Å². The van der Waals surface area contributed by atoms with Crippen molar-refractivity contribution in [3.63, 3.8) is 0 Å². The molecule has 0 aliphatic rings. The maximum Gasteiger partial charge on any atom is 0.266 e. The van der Waals surface area contributed by atoms with Crippen LogP contribution in [-0.2, 0) is 0 Å². The quantitative estimate of drug-likeness (QED) is 0.703. The van der Waals surface area contributed by atoms with Crippen LogP contribution in [0.4, 0.5) is 5.69 Å². The van der Waals surface area contributed by atoms with Crippen LogP contribution in [0.2, 0.25) is 0 Å². The van der Waals surface area contributed by atoms with Gasteiger partial charge in [-0.2, -0.15) is 0 Å². The van der Waals surface area contributed by atoms with Gasteiger partial charge in [-0.05, 0) is 50.6 Å². The fourth-order valence-corrected chi connectivity index (χ4v) is 3.51. The molecule has 3 rings (SSSR count). The standard InChI is InChI=1S/C18H17N3O3S/c1-4-24-17-14-10(2)15(25-18(14)20-9-19-17)16(23)21-13-7-5-12(6-8-13)11(3)22/h5-9H,4H2,1-3H3,(H,21,23). The first-order chi connectivity index (χ1) is 12.0. The van der Waals surface area contributed by atoms with Gasteiger partial charge in [-0.3, -0.25) is 9.59 Å². The maximum absolute atomic E-state index is 12.6. The highest BCUT2D eigenvalue weighted by Gasteiger charge is 2.20. The Morgan fingerprint density at radius 3 is 2.56 bits per heavy atom. The van der Waals surface area contributed by atoms with E-state index in [9.17, 15) is 9.59 Å². The first kappa shape index (κ1) is 17.0. The SMILES string of the molecule is CCOc1ncnc2sc(C(=O)Nc3ccc(C(C)=O)cc3)c(C)c12. The molecule has 7 heteroatoms. The molecule has 0 unspecified atom stereocenters. The number of ketones is 1. The van der Waals surface area contributed by atoms with Crippen LogP contribution < -0.4 is 10.1 Å². The Hall–Kier alpha value is -2.80. The molecule has 0 spiro atoms. The van der Waals surface area contributed by atoms with Crippen molar-refractivity contribution in [1.82, 2.24) is 9.97 Å². The molecule has 0 bridgehead atoms. The third-order valence-corrected chi connectivity index (χ3v) is 4.93. The number of nitrogens with zero attached hydrogens (tertiary/aromatic N) is 2. The highest BCUT2D eigenvalue weighted by molar-refractivity contribution is 7.20. The van der Waals surface area contributed by atoms with E-state index in [4.69, 9.17) is 4.74 Å². The zero-order valence-electron chi connectivity index (χ0n) is 14.1. The lowest BCUT2D eigenvalue weighted by molar-refractivity contribution is 0.101. The molecule has 1 aromatic carbocycles. The van der Waals surface area contributed by atoms with Crippen LogP contribution in [0, 0.1) is 6.92 Å². The van der Waals surface area contributed by atoms with Gasteiger partial charge in [0.15, 0.2) is 5.78 Å². The van der Waals surface area contributed by atoms with Crippen LogP contribution in [0.1, 0.15) is 39.4 Å². The minimum Gasteiger partial charge on any atom is -0.477 e. The lowest BCUT2D eigenvalue weighted by Gasteiger charge is -2.06. The third kappa shape index (κ3) is 3.36. The second-order valence-corrected chi connectivity index (χ2v) is 6.43. The van der Waals surface area contributed by atoms with Crippen molar-refractivity contribution >= 4 is 38.9 Å². The molecule has 1 N–H and O–H groups in total. The summed E-state index contributed by atoms with van der Waals surface area (Å²) < 4.78 is 5.54. The summed E-state index contributed by atoms with van der Waals surface area (Å²) in [6, 6.07) is 6.80. The van der Waals surface area contributed by atoms with Crippen molar-refractivity contribution in [3.05, 3.63) is 46.6 Å². The van der Waals surface area contributed by atoms with Crippen molar-refractivity contribution in [3.8, 4) is 5.88 Å². The van der Waals surface area contributed by atoms with Gasteiger partial charge in [-0.1, -0.05) is 0 Å². The maximum atomic E-state index is 12.6. The molecule has 128 valence electrons. The number of hydrogen-bond acceptors (Lipinski definition) is 6. The Kier molecular flexibility index (Phi) is 4.76. The lowest BCUT2D eigenvalue weighted by atomic mass is 10.1. The molecule has 3 aromatic rings. The minimum absolute atomic E-state index is 0.0137. The molecule has 0 atom stereocenters. The monoisotopic (exact) mass is 355 g/mol. The second-order valence-electron chi connectivity index (χ2n) is 5.44. The van der Waals surface area contributed by atoms with Crippen LogP contribution in [0.3, 0.4) is 0 Å². The highest BCUT2D eigenvalue weighted by Crippen LogP contribution is 2.34. The van der Waals surface area contributed by atoms with Crippen LogP contribution in [0.25, 0.3) is 10.2 Å². The number of rotatable bonds is 5. The average molecular weight is 355 g/mol. The lowest BCUT2D eigenvalue weighted by Crippen LogP contribution is -2.11. The van der Waals surface area contributed by atoms with E-state index < -0.39 is 0 Å². The van der Waals surface area contributed by atoms with Crippen molar-refractivity contribution in [2.45, 2.75) is 20.8 Å². The summed E-state index contributed by atoms with van der Waals surface area (Å²) in [4.78, 5) is 33.6. The molecular weight excluding hydrogens is 338 g/mol. The van der Waals surface area contributed by atoms with Gasteiger partial charge >= 0.3 is 0 Å². The van der Waals surface area contributed by atoms with Crippen molar-refractivity contribution in [1.29, 1.82) is 0 Å². The molecule has 0 fully saturated rings. The second kappa shape index (κ2) is 6.98. The van der Waals surface area contributed by atoms with Gasteiger partial charge < -0.3 is 10.1 Å². The number of amides is 1. The van der Waals surface area contributed by atoms with Crippen molar-refractivity contribution in [2.75, 3.05) is 11.9 Å². The minimum atomic E-state index is -0.224. The molecule has 2 aromatic heterocycles. The van der Waals surface area contributed by atoms with Gasteiger partial charge in [0, 0.05) is 11.3 Å². The zero-order valence-corrected chi connectivity index (χ0v) is 14.9. The third-order valence-electron chi connectivity index (χ3n) is 3.73. The molecule has 1 amide bonds. The summed E-state index contributed by atoms with van der Waals surface area (Å²) in [5, 5.41) is 3.62. The van der Waals surface area contributed by atoms with Crippen molar-refractivity contribution < 1.29 is 14.3 Å². The van der Waals surface area contributed by atoms with E-state index in [1.807, 2.05) is 13.8 Å². The summed E-state index contributed by atoms with van der Waals surface area (Å²) in [5.74, 6) is 0.255. The highest BCUT2D eigenvalue weighted by atomic mass is 32.1. The van der Waals surface area contributed by atoms with E-state index in [2.05, 4.69) is 15.3 Å². The molecule has 0 saturated heterocycles. The van der Waals surface area contributed by atoms with E-state index >= 15 is 0 Å². The topological polar surface area (TPSA) is 81.2 Å². The van der Waals surface area contributed by atoms with E-state index in [1.54, 1.807) is 24.3 Å². The summed E-state index contributed by atoms with van der Waals surface area (Å²) in [7, 11) is 0. The Morgan fingerprint density at radius 1 is 1.20 bits per heavy atom. The number of anilines is 1. The molecule has 0 aliphatic heterocycles. The van der Waals surface area contributed by atoms with Gasteiger partial charge in [-0.25, -0.2) is 9.97 Å². The van der Waals surface area contributed by atoms with E-state index in [-0.39, 0.29) is 11.7 Å². The molecule has 6 nitrogen and oxygen atoms in total. The van der Waals surface area contributed by atoms with E-state index in [1.165, 1.54) is 24.6 Å². The fourth-order valence-electron chi connectivity index (χ4n) is 2.48. The van der Waals surface area contributed by atoms with Gasteiger partial charge in [0.2, 0.25) is 5.88 Å². The number of aromatic nitrogens is 2. The molecule has 0 saturated carbocycles. The number of carbonyl (C=O) groups excluding carboxylic acids is 2. The van der Waals surface area contributed by atoms with Gasteiger partial charge in [-0.15, -0.1) is 11.3 Å². The predicted molar refractivity (Wildman–Crippen MR) is 97.7 cm³/mol. The van der Waals surface area contributed by atoms with Crippen LogP contribution in [0.15, 0.2) is 30.6 Å². The normalized spacial score (nSPS) is 10.7. The number of Topliss-reactive ketones (excluding diaryl/α,β-unsaturated/α-hetero) is 1. The first-order valence-corrected chi connectivity index (χ1v) is 8.62. The molecule has 25 heavy (non-hydrogen) atoms. The van der Waals surface area contributed by atoms with Crippen molar-refractivity contribution in [2.24, 2.45) is 0 Å². The number of carbonyl (C=O) groups is 2. The Morgan fingerprint density at radius 2 is 1.92 bits per heavy atom. The predicted octanol–water partition coefficient (Wildman–Crippen LogP) is 3.85. The van der Waals surface area contributed by atoms with Gasteiger partial charge in [0.1, 0.15) is 11.2 Å². The Bertz CT molecular complexity index is 948. The zero-order chi connectivity index (χ0) is 18.0. The number of thiophene rings is 1. The van der Waals surface area contributed by atoms with E-state index in [0.717, 1.165) is 10.9 Å². The Labute approximate surface area is 148 Å².